The lowest BCUT2D eigenvalue weighted by Gasteiger charge is -2.39. The number of amides is 4. The molecular formula is C19H29N5O3S. The summed E-state index contributed by atoms with van der Waals surface area (Å²) in [5, 5.41) is 7.95. The molecule has 1 aromatic heterocycles. The van der Waals surface area contributed by atoms with E-state index in [1.165, 1.54) is 35.5 Å². The molecule has 9 heteroatoms. The Morgan fingerprint density at radius 3 is 2.71 bits per heavy atom. The number of carbonyl (C=O) groups excluding carboxylic acids is 3. The number of thiazole rings is 1. The maximum absolute atomic E-state index is 13.0. The highest BCUT2D eigenvalue weighted by atomic mass is 32.1. The first-order valence-electron chi connectivity index (χ1n) is 10.1. The summed E-state index contributed by atoms with van der Waals surface area (Å²) >= 11 is 1.36. The summed E-state index contributed by atoms with van der Waals surface area (Å²) in [6.45, 7) is 3.19. The Balaban J connectivity index is 1.69. The van der Waals surface area contributed by atoms with E-state index in [-0.39, 0.29) is 24.4 Å². The topological polar surface area (TPSA) is 94.6 Å². The minimum absolute atomic E-state index is 0.0114. The SMILES string of the molecule is CCNC(=O)N1CCN([C@@H](CC2CCCCC2)C(=O)Nc2nccs2)C(=O)C1. The van der Waals surface area contributed by atoms with Crippen molar-refractivity contribution in [3.05, 3.63) is 11.6 Å². The molecule has 1 saturated heterocycles. The molecule has 8 nitrogen and oxygen atoms in total. The van der Waals surface area contributed by atoms with E-state index in [1.54, 1.807) is 11.1 Å². The molecule has 0 unspecified atom stereocenters. The van der Waals surface area contributed by atoms with Crippen LogP contribution in [0, 0.1) is 5.92 Å². The Kier molecular flexibility index (Phi) is 7.24. The zero-order chi connectivity index (χ0) is 19.9. The van der Waals surface area contributed by atoms with Gasteiger partial charge in [0.15, 0.2) is 5.13 Å². The summed E-state index contributed by atoms with van der Waals surface area (Å²) in [6.07, 6.45) is 8.14. The molecule has 0 spiro atoms. The number of hydrogen-bond donors (Lipinski definition) is 2. The summed E-state index contributed by atoms with van der Waals surface area (Å²) in [7, 11) is 0. The first kappa shape index (κ1) is 20.6. The van der Waals surface area contributed by atoms with Gasteiger partial charge in [-0.05, 0) is 19.3 Å². The molecule has 2 heterocycles. The third-order valence-corrected chi connectivity index (χ3v) is 6.18. The van der Waals surface area contributed by atoms with Crippen LogP contribution >= 0.6 is 11.3 Å². The van der Waals surface area contributed by atoms with Crippen LogP contribution in [-0.2, 0) is 9.59 Å². The highest BCUT2D eigenvalue weighted by Gasteiger charge is 2.36. The molecular weight excluding hydrogens is 378 g/mol. The lowest BCUT2D eigenvalue weighted by Crippen LogP contribution is -2.59. The maximum atomic E-state index is 13.0. The number of anilines is 1. The standard InChI is InChI=1S/C19H29N5O3S/c1-2-20-19(27)23-9-10-24(16(25)13-23)15(12-14-6-4-3-5-7-14)17(26)22-18-21-8-11-28-18/h8,11,14-15H,2-7,9-10,12-13H2,1H3,(H,20,27)(H,21,22,26)/t15-/m0/s1. The lowest BCUT2D eigenvalue weighted by molar-refractivity contribution is -0.142. The van der Waals surface area contributed by atoms with Crippen LogP contribution in [-0.4, -0.2) is 64.9 Å². The number of urea groups is 1. The van der Waals surface area contributed by atoms with E-state index in [4.69, 9.17) is 0 Å². The van der Waals surface area contributed by atoms with Gasteiger partial charge in [-0.15, -0.1) is 11.3 Å². The van der Waals surface area contributed by atoms with E-state index in [0.717, 1.165) is 12.8 Å². The number of piperazine rings is 1. The van der Waals surface area contributed by atoms with Crippen LogP contribution in [0.3, 0.4) is 0 Å². The van der Waals surface area contributed by atoms with Crippen LogP contribution in [0.25, 0.3) is 0 Å². The molecule has 4 amide bonds. The van der Waals surface area contributed by atoms with Gasteiger partial charge in [0, 0.05) is 31.2 Å². The highest BCUT2D eigenvalue weighted by Crippen LogP contribution is 2.29. The summed E-state index contributed by atoms with van der Waals surface area (Å²) in [6, 6.07) is -0.748. The molecule has 3 rings (SSSR count). The van der Waals surface area contributed by atoms with Crippen molar-refractivity contribution in [2.45, 2.75) is 51.5 Å². The molecule has 0 aromatic carbocycles. The first-order chi connectivity index (χ1) is 13.6. The van der Waals surface area contributed by atoms with Crippen molar-refractivity contribution in [2.24, 2.45) is 5.92 Å². The van der Waals surface area contributed by atoms with Gasteiger partial charge in [0.2, 0.25) is 11.8 Å². The summed E-state index contributed by atoms with van der Waals surface area (Å²) < 4.78 is 0. The number of hydrogen-bond acceptors (Lipinski definition) is 5. The van der Waals surface area contributed by atoms with Crippen LogP contribution in [0.5, 0.6) is 0 Å². The molecule has 1 atom stereocenters. The van der Waals surface area contributed by atoms with Crippen LogP contribution < -0.4 is 10.6 Å². The first-order valence-corrected chi connectivity index (χ1v) is 11.0. The molecule has 2 aliphatic rings. The van der Waals surface area contributed by atoms with Crippen molar-refractivity contribution in [3.8, 4) is 0 Å². The molecule has 1 saturated carbocycles. The molecule has 2 N–H and O–H groups in total. The Morgan fingerprint density at radius 1 is 1.29 bits per heavy atom. The van der Waals surface area contributed by atoms with E-state index >= 15 is 0 Å². The van der Waals surface area contributed by atoms with Gasteiger partial charge in [-0.1, -0.05) is 32.1 Å². The second-order valence-corrected chi connectivity index (χ2v) is 8.32. The van der Waals surface area contributed by atoms with Gasteiger partial charge in [0.1, 0.15) is 12.6 Å². The van der Waals surface area contributed by atoms with Crippen LogP contribution in [0.1, 0.15) is 45.4 Å². The molecule has 0 radical (unpaired) electrons. The molecule has 28 heavy (non-hydrogen) atoms. The van der Waals surface area contributed by atoms with Crippen molar-refractivity contribution in [2.75, 3.05) is 31.5 Å². The van der Waals surface area contributed by atoms with Crippen LogP contribution in [0.4, 0.5) is 9.93 Å². The minimum Gasteiger partial charge on any atom is -0.338 e. The van der Waals surface area contributed by atoms with Crippen LogP contribution in [0.2, 0.25) is 0 Å². The molecule has 1 aliphatic carbocycles. The zero-order valence-electron chi connectivity index (χ0n) is 16.4. The number of nitrogens with one attached hydrogen (secondary N) is 2. The summed E-state index contributed by atoms with van der Waals surface area (Å²) in [5.41, 5.74) is 0. The number of aromatic nitrogens is 1. The fourth-order valence-electron chi connectivity index (χ4n) is 4.04. The maximum Gasteiger partial charge on any atom is 0.317 e. The molecule has 0 bridgehead atoms. The average Bonchev–Trinajstić information content (AvgIpc) is 3.20. The predicted molar refractivity (Wildman–Crippen MR) is 108 cm³/mol. The van der Waals surface area contributed by atoms with Crippen LogP contribution in [0.15, 0.2) is 11.6 Å². The Hall–Kier alpha value is -2.16. The van der Waals surface area contributed by atoms with Gasteiger partial charge in [0.05, 0.1) is 0 Å². The van der Waals surface area contributed by atoms with Gasteiger partial charge in [0.25, 0.3) is 0 Å². The predicted octanol–water partition coefficient (Wildman–Crippen LogP) is 2.29. The third kappa shape index (κ3) is 5.21. The van der Waals surface area contributed by atoms with Gasteiger partial charge < -0.3 is 20.4 Å². The minimum atomic E-state index is -0.518. The second kappa shape index (κ2) is 9.86. The van der Waals surface area contributed by atoms with Crippen molar-refractivity contribution < 1.29 is 14.4 Å². The van der Waals surface area contributed by atoms with Gasteiger partial charge in [-0.25, -0.2) is 9.78 Å². The number of nitrogens with zero attached hydrogens (tertiary/aromatic N) is 3. The van der Waals surface area contributed by atoms with Crippen molar-refractivity contribution in [3.63, 3.8) is 0 Å². The van der Waals surface area contributed by atoms with Gasteiger partial charge >= 0.3 is 6.03 Å². The van der Waals surface area contributed by atoms with E-state index in [1.807, 2.05) is 12.3 Å². The van der Waals surface area contributed by atoms with E-state index in [2.05, 4.69) is 15.6 Å². The molecule has 2 fully saturated rings. The van der Waals surface area contributed by atoms with E-state index < -0.39 is 6.04 Å². The van der Waals surface area contributed by atoms with Gasteiger partial charge in [-0.3, -0.25) is 9.59 Å². The van der Waals surface area contributed by atoms with Gasteiger partial charge in [-0.2, -0.15) is 0 Å². The van der Waals surface area contributed by atoms with E-state index in [0.29, 0.717) is 37.1 Å². The smallest absolute Gasteiger partial charge is 0.317 e. The van der Waals surface area contributed by atoms with Crippen molar-refractivity contribution >= 4 is 34.3 Å². The van der Waals surface area contributed by atoms with Crippen molar-refractivity contribution in [1.29, 1.82) is 0 Å². The fraction of sp³-hybridized carbons (Fsp3) is 0.684. The Labute approximate surface area is 169 Å². The summed E-state index contributed by atoms with van der Waals surface area (Å²) in [5.74, 6) is 0.1000. The monoisotopic (exact) mass is 407 g/mol. The van der Waals surface area contributed by atoms with Crippen molar-refractivity contribution in [1.82, 2.24) is 20.1 Å². The second-order valence-electron chi connectivity index (χ2n) is 7.43. The lowest BCUT2D eigenvalue weighted by atomic mass is 9.84. The largest absolute Gasteiger partial charge is 0.338 e. The Bertz CT molecular complexity index is 675. The average molecular weight is 408 g/mol. The zero-order valence-corrected chi connectivity index (χ0v) is 17.2. The number of carbonyl (C=O) groups is 3. The normalized spacial score (nSPS) is 19.4. The third-order valence-electron chi connectivity index (χ3n) is 5.50. The quantitative estimate of drug-likeness (QED) is 0.756. The fourth-order valence-corrected chi connectivity index (χ4v) is 4.57. The summed E-state index contributed by atoms with van der Waals surface area (Å²) in [4.78, 5) is 45.2. The number of rotatable bonds is 6. The molecule has 1 aromatic rings. The molecule has 154 valence electrons. The Morgan fingerprint density at radius 2 is 2.07 bits per heavy atom. The highest BCUT2D eigenvalue weighted by molar-refractivity contribution is 7.13. The molecule has 1 aliphatic heterocycles. The van der Waals surface area contributed by atoms with E-state index in [9.17, 15) is 14.4 Å².